The predicted molar refractivity (Wildman–Crippen MR) is 89.6 cm³/mol. The van der Waals surface area contributed by atoms with E-state index in [9.17, 15) is 4.79 Å². The van der Waals surface area contributed by atoms with Gasteiger partial charge in [0.25, 0.3) is 0 Å². The first-order valence-electron chi connectivity index (χ1n) is 8.13. The van der Waals surface area contributed by atoms with Crippen molar-refractivity contribution in [1.82, 2.24) is 4.90 Å². The Bertz CT molecular complexity index is 425. The molecule has 0 fully saturated rings. The molecule has 2 atom stereocenters. The van der Waals surface area contributed by atoms with Crippen molar-refractivity contribution in [2.24, 2.45) is 0 Å². The Morgan fingerprint density at radius 3 is 2.67 bits per heavy atom. The van der Waals surface area contributed by atoms with E-state index in [1.165, 1.54) is 19.3 Å². The molecular weight excluding hydrogens is 282 g/mol. The molecule has 0 N–H and O–H groups in total. The molecule has 2 unspecified atom stereocenters. The van der Waals surface area contributed by atoms with Crippen LogP contribution in [0, 0.1) is 0 Å². The summed E-state index contributed by atoms with van der Waals surface area (Å²) in [5, 5.41) is 0.706. The average molecular weight is 311 g/mol. The lowest BCUT2D eigenvalue weighted by atomic mass is 10.0. The van der Waals surface area contributed by atoms with Gasteiger partial charge in [-0.25, -0.2) is 4.79 Å². The van der Waals surface area contributed by atoms with Crippen LogP contribution in [0.5, 0.6) is 0 Å². The first-order chi connectivity index (χ1) is 9.76. The fraction of sp³-hybridized carbons (Fsp3) is 0.824. The van der Waals surface area contributed by atoms with E-state index in [-0.39, 0.29) is 12.1 Å². The molecule has 4 heteroatoms. The molecule has 3 nitrogen and oxygen atoms in total. The topological polar surface area (TPSA) is 29.5 Å². The maximum atomic E-state index is 12.4. The van der Waals surface area contributed by atoms with Crippen LogP contribution in [0.2, 0.25) is 0 Å². The van der Waals surface area contributed by atoms with Crippen LogP contribution in [0.4, 0.5) is 4.79 Å². The van der Waals surface area contributed by atoms with E-state index in [2.05, 4.69) is 13.8 Å². The third-order valence-corrected chi connectivity index (χ3v) is 5.50. The molecule has 0 aromatic heterocycles. The highest BCUT2D eigenvalue weighted by Gasteiger charge is 2.30. The van der Waals surface area contributed by atoms with E-state index in [1.54, 1.807) is 10.5 Å². The zero-order chi connectivity index (χ0) is 15.6. The second kappa shape index (κ2) is 6.64. The lowest BCUT2D eigenvalue weighted by Crippen LogP contribution is -2.42. The summed E-state index contributed by atoms with van der Waals surface area (Å²) in [6.07, 6.45) is 5.64. The highest BCUT2D eigenvalue weighted by Crippen LogP contribution is 2.40. The van der Waals surface area contributed by atoms with Crippen LogP contribution < -0.4 is 0 Å². The van der Waals surface area contributed by atoms with Crippen LogP contribution in [-0.2, 0) is 4.74 Å². The summed E-state index contributed by atoms with van der Waals surface area (Å²) in [6.45, 7) is 11.1. The Labute approximate surface area is 133 Å². The van der Waals surface area contributed by atoms with Gasteiger partial charge in [0, 0.05) is 17.8 Å². The van der Waals surface area contributed by atoms with Crippen molar-refractivity contribution < 1.29 is 9.53 Å². The summed E-state index contributed by atoms with van der Waals surface area (Å²) in [6, 6.07) is 0.227. The molecule has 2 aliphatic heterocycles. The Balaban J connectivity index is 2.07. The molecule has 2 aliphatic rings. The number of carbonyl (C=O) groups is 1. The third kappa shape index (κ3) is 4.67. The highest BCUT2D eigenvalue weighted by atomic mass is 32.2. The van der Waals surface area contributed by atoms with E-state index >= 15 is 0 Å². The van der Waals surface area contributed by atoms with Gasteiger partial charge in [0.1, 0.15) is 5.60 Å². The van der Waals surface area contributed by atoms with E-state index in [0.717, 1.165) is 19.4 Å². The number of ether oxygens (including phenoxy) is 1. The minimum Gasteiger partial charge on any atom is -0.444 e. The normalized spacial score (nSPS) is 27.8. The third-order valence-electron chi connectivity index (χ3n) is 4.12. The van der Waals surface area contributed by atoms with Gasteiger partial charge in [-0.15, -0.1) is 11.8 Å². The fourth-order valence-electron chi connectivity index (χ4n) is 3.03. The maximum absolute atomic E-state index is 12.4. The van der Waals surface area contributed by atoms with Crippen molar-refractivity contribution in [2.45, 2.75) is 83.6 Å². The molecule has 0 aromatic rings. The van der Waals surface area contributed by atoms with E-state index < -0.39 is 5.60 Å². The summed E-state index contributed by atoms with van der Waals surface area (Å²) in [4.78, 5) is 15.9. The summed E-state index contributed by atoms with van der Waals surface area (Å²) in [7, 11) is 0. The quantitative estimate of drug-likeness (QED) is 0.633. The molecule has 1 amide bonds. The molecule has 0 aromatic carbocycles. The largest absolute Gasteiger partial charge is 0.444 e. The molecule has 0 saturated heterocycles. The predicted octanol–water partition coefficient (Wildman–Crippen LogP) is 4.97. The van der Waals surface area contributed by atoms with Gasteiger partial charge in [-0.1, -0.05) is 12.5 Å². The van der Waals surface area contributed by atoms with Gasteiger partial charge >= 0.3 is 6.09 Å². The highest BCUT2D eigenvalue weighted by molar-refractivity contribution is 8.03. The first-order valence-corrected chi connectivity index (χ1v) is 9.01. The van der Waals surface area contributed by atoms with Crippen LogP contribution in [-0.4, -0.2) is 34.4 Å². The van der Waals surface area contributed by atoms with Gasteiger partial charge < -0.3 is 9.64 Å². The van der Waals surface area contributed by atoms with E-state index in [0.29, 0.717) is 5.25 Å². The molecule has 2 rings (SSSR count). The van der Waals surface area contributed by atoms with Gasteiger partial charge in [0.15, 0.2) is 0 Å². The van der Waals surface area contributed by atoms with Crippen LogP contribution in [0.15, 0.2) is 10.5 Å². The average Bonchev–Trinajstić information content (AvgIpc) is 2.57. The molecule has 120 valence electrons. The second-order valence-corrected chi connectivity index (χ2v) is 8.86. The lowest BCUT2D eigenvalue weighted by molar-refractivity contribution is 0.0186. The number of nitrogens with zero attached hydrogens (tertiary/aromatic N) is 1. The monoisotopic (exact) mass is 311 g/mol. The zero-order valence-electron chi connectivity index (χ0n) is 14.1. The number of hydrogen-bond acceptors (Lipinski definition) is 3. The molecule has 0 aliphatic carbocycles. The lowest BCUT2D eigenvalue weighted by Gasteiger charge is -2.30. The molecule has 0 spiro atoms. The van der Waals surface area contributed by atoms with Crippen molar-refractivity contribution in [3.8, 4) is 0 Å². The van der Waals surface area contributed by atoms with E-state index in [4.69, 9.17) is 4.74 Å². The van der Waals surface area contributed by atoms with E-state index in [1.807, 2.05) is 37.4 Å². The van der Waals surface area contributed by atoms with Crippen molar-refractivity contribution in [2.75, 3.05) is 6.54 Å². The summed E-state index contributed by atoms with van der Waals surface area (Å²) in [5.74, 6) is 0. The zero-order valence-corrected chi connectivity index (χ0v) is 14.9. The number of hydrogen-bond donors (Lipinski definition) is 0. The van der Waals surface area contributed by atoms with Gasteiger partial charge in [-0.2, -0.15) is 0 Å². The summed E-state index contributed by atoms with van der Waals surface area (Å²) in [5.41, 5.74) is 1.17. The van der Waals surface area contributed by atoms with Crippen LogP contribution >= 0.6 is 11.8 Å². The van der Waals surface area contributed by atoms with Gasteiger partial charge in [-0.3, -0.25) is 0 Å². The molecule has 0 saturated carbocycles. The smallest absolute Gasteiger partial charge is 0.410 e. The van der Waals surface area contributed by atoms with Crippen molar-refractivity contribution >= 4 is 17.9 Å². The van der Waals surface area contributed by atoms with Gasteiger partial charge in [0.2, 0.25) is 0 Å². The Morgan fingerprint density at radius 1 is 1.29 bits per heavy atom. The summed E-state index contributed by atoms with van der Waals surface area (Å²) < 4.78 is 5.56. The maximum Gasteiger partial charge on any atom is 0.410 e. The van der Waals surface area contributed by atoms with Crippen molar-refractivity contribution in [3.05, 3.63) is 10.5 Å². The SMILES string of the molecule is CC1CCCC2=C(CC(C)N(C(=O)OC(C)(C)C)CC2)S1. The molecular formula is C17H29NO2S. The van der Waals surface area contributed by atoms with Gasteiger partial charge in [-0.05, 0) is 64.7 Å². The van der Waals surface area contributed by atoms with Crippen molar-refractivity contribution in [1.29, 1.82) is 0 Å². The standard InChI is InChI=1S/C17H29NO2S/c1-12-11-15-14(8-6-7-13(2)21-15)9-10-18(12)16(19)20-17(3,4)5/h12-13H,6-11H2,1-5H3. The van der Waals surface area contributed by atoms with Crippen LogP contribution in [0.25, 0.3) is 0 Å². The number of carbonyl (C=O) groups excluding carboxylic acids is 1. The van der Waals surface area contributed by atoms with Crippen LogP contribution in [0.3, 0.4) is 0 Å². The minimum atomic E-state index is -0.420. The van der Waals surface area contributed by atoms with Gasteiger partial charge in [0.05, 0.1) is 0 Å². The molecule has 2 heterocycles. The number of thioether (sulfide) groups is 1. The summed E-state index contributed by atoms with van der Waals surface area (Å²) >= 11 is 2.04. The van der Waals surface area contributed by atoms with Crippen LogP contribution in [0.1, 0.15) is 66.7 Å². The minimum absolute atomic E-state index is 0.161. The van der Waals surface area contributed by atoms with Crippen molar-refractivity contribution in [3.63, 3.8) is 0 Å². The molecule has 0 radical (unpaired) electrons. The molecule has 0 bridgehead atoms. The molecule has 21 heavy (non-hydrogen) atoms. The first kappa shape index (κ1) is 16.7. The Morgan fingerprint density at radius 2 is 2.00 bits per heavy atom. The second-order valence-electron chi connectivity index (χ2n) is 7.32. The fourth-order valence-corrected chi connectivity index (χ4v) is 4.51. The number of rotatable bonds is 0. The Kier molecular flexibility index (Phi) is 5.29. The number of amides is 1. The Hall–Kier alpha value is -0.640.